The largest absolute Gasteiger partial charge is 0.482 e. The molecule has 1 aliphatic rings. The highest BCUT2D eigenvalue weighted by atomic mass is 32.1. The minimum Gasteiger partial charge on any atom is -0.482 e. The maximum absolute atomic E-state index is 12.7. The molecule has 1 amide bonds. The van der Waals surface area contributed by atoms with Crippen molar-refractivity contribution in [3.05, 3.63) is 64.5 Å². The van der Waals surface area contributed by atoms with Gasteiger partial charge in [-0.25, -0.2) is 9.78 Å². The highest BCUT2D eigenvalue weighted by Gasteiger charge is 2.34. The van der Waals surface area contributed by atoms with Crippen molar-refractivity contribution in [3.8, 4) is 17.0 Å². The minimum absolute atomic E-state index is 0.106. The van der Waals surface area contributed by atoms with E-state index in [1.54, 1.807) is 18.3 Å². The average Bonchev–Trinajstić information content (AvgIpc) is 3.27. The Kier molecular flexibility index (Phi) is 6.55. The van der Waals surface area contributed by atoms with Gasteiger partial charge in [0.25, 0.3) is 5.91 Å². The van der Waals surface area contributed by atoms with Gasteiger partial charge in [0.15, 0.2) is 6.61 Å². The molecule has 0 saturated heterocycles. The van der Waals surface area contributed by atoms with Gasteiger partial charge in [0.1, 0.15) is 11.8 Å². The second-order valence-electron chi connectivity index (χ2n) is 7.86. The van der Waals surface area contributed by atoms with Crippen LogP contribution in [0.3, 0.4) is 0 Å². The summed E-state index contributed by atoms with van der Waals surface area (Å²) >= 11 is 1.60. The molecule has 0 spiro atoms. The fraction of sp³-hybridized carbons (Fsp3) is 0.320. The molecule has 7 heteroatoms. The van der Waals surface area contributed by atoms with Crippen LogP contribution in [0, 0.1) is 0 Å². The smallest absolute Gasteiger partial charge is 0.329 e. The molecule has 166 valence electrons. The Bertz CT molecular complexity index is 1110. The molecule has 0 aliphatic carbocycles. The van der Waals surface area contributed by atoms with Crippen LogP contribution in [0.25, 0.3) is 11.3 Å². The van der Waals surface area contributed by atoms with Crippen LogP contribution in [0.5, 0.6) is 5.75 Å². The van der Waals surface area contributed by atoms with Crippen LogP contribution in [-0.4, -0.2) is 35.6 Å². The molecular weight excluding hydrogens is 424 g/mol. The van der Waals surface area contributed by atoms with Crippen molar-refractivity contribution < 1.29 is 19.1 Å². The number of anilines is 1. The predicted molar refractivity (Wildman–Crippen MR) is 125 cm³/mol. The molecule has 0 bridgehead atoms. The van der Waals surface area contributed by atoms with Crippen molar-refractivity contribution in [1.29, 1.82) is 0 Å². The van der Waals surface area contributed by atoms with Crippen molar-refractivity contribution in [2.24, 2.45) is 0 Å². The molecule has 1 aromatic heterocycles. The summed E-state index contributed by atoms with van der Waals surface area (Å²) in [7, 11) is 0. The number of carbonyl (C=O) groups is 2. The number of aromatic nitrogens is 1. The number of rotatable bonds is 7. The molecule has 2 aromatic carbocycles. The number of nitrogens with zero attached hydrogens (tertiary/aromatic N) is 2. The normalized spacial score (nSPS) is 15.0. The van der Waals surface area contributed by atoms with E-state index in [1.807, 2.05) is 55.6 Å². The number of esters is 1. The summed E-state index contributed by atoms with van der Waals surface area (Å²) < 4.78 is 11.1. The monoisotopic (exact) mass is 450 g/mol. The van der Waals surface area contributed by atoms with Gasteiger partial charge in [0, 0.05) is 17.4 Å². The van der Waals surface area contributed by atoms with Crippen LogP contribution in [0.2, 0.25) is 0 Å². The second-order valence-corrected chi connectivity index (χ2v) is 8.80. The number of thiazole rings is 1. The number of carbonyl (C=O) groups excluding carboxylic acids is 2. The van der Waals surface area contributed by atoms with Gasteiger partial charge >= 0.3 is 5.97 Å². The molecule has 2 atom stereocenters. The number of amides is 1. The first-order chi connectivity index (χ1) is 15.5. The molecule has 0 fully saturated rings. The van der Waals surface area contributed by atoms with Crippen molar-refractivity contribution >= 4 is 28.9 Å². The van der Waals surface area contributed by atoms with Gasteiger partial charge in [-0.05, 0) is 44.0 Å². The summed E-state index contributed by atoms with van der Waals surface area (Å²) in [5.41, 5.74) is 3.46. The Hall–Kier alpha value is -3.19. The van der Waals surface area contributed by atoms with Gasteiger partial charge in [-0.1, -0.05) is 37.3 Å². The molecule has 0 radical (unpaired) electrons. The molecule has 0 N–H and O–H groups in total. The van der Waals surface area contributed by atoms with Gasteiger partial charge in [-0.2, -0.15) is 0 Å². The summed E-state index contributed by atoms with van der Waals surface area (Å²) in [5.74, 6) is -0.132. The molecule has 4 rings (SSSR count). The van der Waals surface area contributed by atoms with E-state index >= 15 is 0 Å². The zero-order valence-electron chi connectivity index (χ0n) is 18.4. The Morgan fingerprint density at radius 2 is 2.00 bits per heavy atom. The van der Waals surface area contributed by atoms with E-state index in [1.165, 1.54) is 10.5 Å². The summed E-state index contributed by atoms with van der Waals surface area (Å²) in [4.78, 5) is 31.6. The summed E-state index contributed by atoms with van der Waals surface area (Å²) in [6, 6.07) is 15.1. The third-order valence-electron chi connectivity index (χ3n) is 5.50. The maximum Gasteiger partial charge on any atom is 0.329 e. The van der Waals surface area contributed by atoms with Crippen LogP contribution in [0.4, 0.5) is 5.69 Å². The summed E-state index contributed by atoms with van der Waals surface area (Å²) in [6.07, 6.45) is 1.28. The standard InChI is InChI=1S/C25H26N2O4S/c1-4-16(2)31-25(29)17(3)27-21-13-19(10-11-22(21)30-14-24(27)28)20-15-32-23(26-20)12-18-8-6-5-7-9-18/h5-11,13,15-17H,4,12,14H2,1-3H3. The summed E-state index contributed by atoms with van der Waals surface area (Å²) in [5, 5.41) is 3.02. The van der Waals surface area contributed by atoms with E-state index in [4.69, 9.17) is 14.5 Å². The van der Waals surface area contributed by atoms with Gasteiger partial charge in [-0.3, -0.25) is 9.69 Å². The number of ether oxygens (including phenoxy) is 2. The maximum atomic E-state index is 12.7. The van der Waals surface area contributed by atoms with E-state index in [0.717, 1.165) is 22.7 Å². The number of hydrogen-bond acceptors (Lipinski definition) is 6. The van der Waals surface area contributed by atoms with Crippen molar-refractivity contribution in [2.45, 2.75) is 45.8 Å². The molecule has 3 aromatic rings. The fourth-order valence-corrected chi connectivity index (χ4v) is 4.37. The Morgan fingerprint density at radius 3 is 2.75 bits per heavy atom. The first-order valence-electron chi connectivity index (χ1n) is 10.7. The minimum atomic E-state index is -0.751. The lowest BCUT2D eigenvalue weighted by molar-refractivity contribution is -0.150. The molecule has 0 saturated carbocycles. The van der Waals surface area contributed by atoms with Gasteiger partial charge in [0.2, 0.25) is 0 Å². The Morgan fingerprint density at radius 1 is 1.22 bits per heavy atom. The van der Waals surface area contributed by atoms with E-state index in [9.17, 15) is 9.59 Å². The number of fused-ring (bicyclic) bond motifs is 1. The highest BCUT2D eigenvalue weighted by Crippen LogP contribution is 2.37. The van der Waals surface area contributed by atoms with Crippen LogP contribution < -0.4 is 9.64 Å². The van der Waals surface area contributed by atoms with Crippen LogP contribution >= 0.6 is 11.3 Å². The topological polar surface area (TPSA) is 68.7 Å². The third kappa shape index (κ3) is 4.67. The molecular formula is C25H26N2O4S. The molecule has 1 aliphatic heterocycles. The van der Waals surface area contributed by atoms with Gasteiger partial charge in [-0.15, -0.1) is 11.3 Å². The highest BCUT2D eigenvalue weighted by molar-refractivity contribution is 7.10. The summed E-state index contributed by atoms with van der Waals surface area (Å²) in [6.45, 7) is 5.37. The van der Waals surface area contributed by atoms with Gasteiger partial charge < -0.3 is 9.47 Å². The average molecular weight is 451 g/mol. The van der Waals surface area contributed by atoms with E-state index in [2.05, 4.69) is 12.1 Å². The molecule has 2 heterocycles. The lowest BCUT2D eigenvalue weighted by Crippen LogP contribution is -2.49. The lowest BCUT2D eigenvalue weighted by atomic mass is 10.1. The van der Waals surface area contributed by atoms with Crippen LogP contribution in [0.1, 0.15) is 37.8 Å². The van der Waals surface area contributed by atoms with Crippen molar-refractivity contribution in [2.75, 3.05) is 11.5 Å². The zero-order chi connectivity index (χ0) is 22.7. The molecule has 6 nitrogen and oxygen atoms in total. The van der Waals surface area contributed by atoms with Crippen molar-refractivity contribution in [1.82, 2.24) is 4.98 Å². The number of benzene rings is 2. The molecule has 2 unspecified atom stereocenters. The molecule has 32 heavy (non-hydrogen) atoms. The van der Waals surface area contributed by atoms with Gasteiger partial charge in [0.05, 0.1) is 22.5 Å². The second kappa shape index (κ2) is 9.53. The van der Waals surface area contributed by atoms with E-state index in [0.29, 0.717) is 17.9 Å². The zero-order valence-corrected chi connectivity index (χ0v) is 19.2. The SMILES string of the molecule is CCC(C)OC(=O)C(C)N1C(=O)COc2ccc(-c3csc(Cc4ccccc4)n3)cc21. The van der Waals surface area contributed by atoms with E-state index in [-0.39, 0.29) is 18.6 Å². The third-order valence-corrected chi connectivity index (χ3v) is 6.35. The van der Waals surface area contributed by atoms with Crippen LogP contribution in [0.15, 0.2) is 53.9 Å². The van der Waals surface area contributed by atoms with Crippen molar-refractivity contribution in [3.63, 3.8) is 0 Å². The predicted octanol–water partition coefficient (Wildman–Crippen LogP) is 4.86. The van der Waals surface area contributed by atoms with Crippen LogP contribution in [-0.2, 0) is 20.7 Å². The van der Waals surface area contributed by atoms with E-state index < -0.39 is 12.0 Å². The Labute approximate surface area is 191 Å². The first-order valence-corrected chi connectivity index (χ1v) is 11.6. The first kappa shape index (κ1) is 22.0. The fourth-order valence-electron chi connectivity index (χ4n) is 3.54. The Balaban J connectivity index is 1.60. The lowest BCUT2D eigenvalue weighted by Gasteiger charge is -2.33. The number of hydrogen-bond donors (Lipinski definition) is 0. The quantitative estimate of drug-likeness (QED) is 0.481.